The van der Waals surface area contributed by atoms with Crippen molar-refractivity contribution in [3.8, 4) is 0 Å². The molecule has 0 bridgehead atoms. The van der Waals surface area contributed by atoms with Gasteiger partial charge in [0, 0.05) is 12.0 Å². The summed E-state index contributed by atoms with van der Waals surface area (Å²) in [6.45, 7) is 5.62. The highest BCUT2D eigenvalue weighted by Gasteiger charge is 2.58. The van der Waals surface area contributed by atoms with Crippen molar-refractivity contribution in [2.24, 2.45) is 11.3 Å². The van der Waals surface area contributed by atoms with Gasteiger partial charge in [-0.2, -0.15) is 0 Å². The highest BCUT2D eigenvalue weighted by molar-refractivity contribution is 5.98. The fourth-order valence-corrected chi connectivity index (χ4v) is 3.17. The number of nitrogens with zero attached hydrogens (tertiary/aromatic N) is 1. The minimum Gasteiger partial charge on any atom is -0.476 e. The zero-order chi connectivity index (χ0) is 19.1. The fourth-order valence-electron chi connectivity index (χ4n) is 3.17. The Kier molecular flexibility index (Phi) is 4.48. The number of hydrogen-bond donors (Lipinski definition) is 2. The Labute approximate surface area is 151 Å². The van der Waals surface area contributed by atoms with Gasteiger partial charge in [0.1, 0.15) is 11.7 Å². The lowest BCUT2D eigenvalue weighted by Crippen LogP contribution is -2.62. The van der Waals surface area contributed by atoms with Crippen molar-refractivity contribution in [2.75, 3.05) is 6.54 Å². The summed E-state index contributed by atoms with van der Waals surface area (Å²) in [5, 5.41) is 12.2. The topological polar surface area (TPSA) is 95.9 Å². The number of nitrogens with one attached hydrogen (secondary N) is 1. The van der Waals surface area contributed by atoms with Crippen LogP contribution in [-0.4, -0.2) is 40.6 Å². The number of allylic oxidation sites excluding steroid dienone is 1. The third-order valence-corrected chi connectivity index (χ3v) is 4.46. The van der Waals surface area contributed by atoms with Crippen LogP contribution in [0.4, 0.5) is 0 Å². The number of amides is 2. The van der Waals surface area contributed by atoms with E-state index < -0.39 is 23.5 Å². The molecule has 1 saturated heterocycles. The minimum absolute atomic E-state index is 0.0978. The van der Waals surface area contributed by atoms with Gasteiger partial charge in [0.2, 0.25) is 11.8 Å². The summed E-state index contributed by atoms with van der Waals surface area (Å²) in [7, 11) is 0. The normalized spacial score (nSPS) is 21.8. The Balaban J connectivity index is 1.63. The summed E-state index contributed by atoms with van der Waals surface area (Å²) in [5.74, 6) is -2.00. The summed E-state index contributed by atoms with van der Waals surface area (Å²) in [5.41, 5.74) is 0.250. The van der Waals surface area contributed by atoms with Crippen LogP contribution in [0.15, 0.2) is 41.8 Å². The zero-order valence-corrected chi connectivity index (χ0v) is 15.0. The molecule has 2 aliphatic heterocycles. The maximum Gasteiger partial charge on any atom is 0.356 e. The van der Waals surface area contributed by atoms with E-state index in [1.165, 1.54) is 4.90 Å². The largest absolute Gasteiger partial charge is 0.476 e. The molecule has 2 N–H and O–H groups in total. The van der Waals surface area contributed by atoms with Gasteiger partial charge >= 0.3 is 5.97 Å². The van der Waals surface area contributed by atoms with Crippen LogP contribution in [0, 0.1) is 11.3 Å². The van der Waals surface area contributed by atoms with E-state index in [9.17, 15) is 19.5 Å². The lowest BCUT2D eigenvalue weighted by Gasteiger charge is -2.41. The van der Waals surface area contributed by atoms with Gasteiger partial charge in [-0.15, -0.1) is 0 Å². The number of fused-ring (bicyclic) bond motifs is 1. The van der Waals surface area contributed by atoms with Crippen molar-refractivity contribution < 1.29 is 24.2 Å². The number of aliphatic carboxylic acids is 1. The Bertz CT molecular complexity index is 779. The van der Waals surface area contributed by atoms with Gasteiger partial charge in [0.15, 0.2) is 11.9 Å². The average Bonchev–Trinajstić information content (AvgIpc) is 2.92. The van der Waals surface area contributed by atoms with E-state index in [0.717, 1.165) is 5.56 Å². The lowest BCUT2D eigenvalue weighted by molar-refractivity contribution is -0.172. The van der Waals surface area contributed by atoms with E-state index in [1.54, 1.807) is 0 Å². The van der Waals surface area contributed by atoms with Crippen LogP contribution in [0.2, 0.25) is 0 Å². The first-order valence-corrected chi connectivity index (χ1v) is 8.48. The van der Waals surface area contributed by atoms with Crippen molar-refractivity contribution >= 4 is 17.8 Å². The second kappa shape index (κ2) is 6.48. The first-order valence-electron chi connectivity index (χ1n) is 8.48. The molecule has 26 heavy (non-hydrogen) atoms. The SMILES string of the molecule is CC(C)(C)C1=C(C(=O)O)N2C(=O)[C@H](CNC(=O)Cc3ccccc3)[C@H]2O1. The molecular weight excluding hydrogens is 336 g/mol. The Morgan fingerprint density at radius 3 is 2.46 bits per heavy atom. The van der Waals surface area contributed by atoms with E-state index in [-0.39, 0.29) is 30.5 Å². The zero-order valence-electron chi connectivity index (χ0n) is 15.0. The summed E-state index contributed by atoms with van der Waals surface area (Å²) in [4.78, 5) is 37.2. The smallest absolute Gasteiger partial charge is 0.356 e. The van der Waals surface area contributed by atoms with Crippen LogP contribution in [0.1, 0.15) is 26.3 Å². The monoisotopic (exact) mass is 358 g/mol. The van der Waals surface area contributed by atoms with E-state index in [0.29, 0.717) is 5.76 Å². The van der Waals surface area contributed by atoms with Crippen LogP contribution in [0.25, 0.3) is 0 Å². The van der Waals surface area contributed by atoms with E-state index in [4.69, 9.17) is 4.74 Å². The number of ether oxygens (including phenoxy) is 1. The van der Waals surface area contributed by atoms with Gasteiger partial charge in [-0.3, -0.25) is 14.5 Å². The Morgan fingerprint density at radius 1 is 1.23 bits per heavy atom. The number of carbonyl (C=O) groups is 3. The number of β-lactam (4-membered cyclic amide) rings is 1. The van der Waals surface area contributed by atoms with E-state index >= 15 is 0 Å². The molecule has 2 heterocycles. The third kappa shape index (κ3) is 3.16. The molecule has 7 heteroatoms. The van der Waals surface area contributed by atoms with Gasteiger partial charge in [0.25, 0.3) is 0 Å². The molecule has 2 atom stereocenters. The number of benzene rings is 1. The first kappa shape index (κ1) is 18.0. The highest BCUT2D eigenvalue weighted by Crippen LogP contribution is 2.45. The van der Waals surface area contributed by atoms with Gasteiger partial charge in [-0.25, -0.2) is 4.79 Å². The quantitative estimate of drug-likeness (QED) is 0.778. The molecule has 0 radical (unpaired) electrons. The van der Waals surface area contributed by atoms with Gasteiger partial charge in [-0.1, -0.05) is 51.1 Å². The summed E-state index contributed by atoms with van der Waals surface area (Å²) >= 11 is 0. The second-order valence-corrected chi connectivity index (χ2v) is 7.52. The van der Waals surface area contributed by atoms with Crippen molar-refractivity contribution in [1.29, 1.82) is 0 Å². The molecule has 0 aromatic heterocycles. The molecule has 1 aromatic carbocycles. The molecule has 3 rings (SSSR count). The highest BCUT2D eigenvalue weighted by atomic mass is 16.5. The summed E-state index contributed by atoms with van der Waals surface area (Å²) < 4.78 is 5.78. The fraction of sp³-hybridized carbons (Fsp3) is 0.421. The molecule has 0 spiro atoms. The number of rotatable bonds is 5. The van der Waals surface area contributed by atoms with Crippen molar-refractivity contribution in [3.63, 3.8) is 0 Å². The third-order valence-electron chi connectivity index (χ3n) is 4.46. The summed E-state index contributed by atoms with van der Waals surface area (Å²) in [6.07, 6.45) is -0.442. The van der Waals surface area contributed by atoms with Crippen LogP contribution >= 0.6 is 0 Å². The van der Waals surface area contributed by atoms with Crippen LogP contribution in [-0.2, 0) is 25.5 Å². The molecular formula is C19H22N2O5. The van der Waals surface area contributed by atoms with Gasteiger partial charge in [0.05, 0.1) is 6.42 Å². The molecule has 0 aliphatic carbocycles. The van der Waals surface area contributed by atoms with Gasteiger partial charge in [-0.05, 0) is 5.56 Å². The predicted octanol–water partition coefficient (Wildman–Crippen LogP) is 1.50. The molecule has 7 nitrogen and oxygen atoms in total. The minimum atomic E-state index is -1.18. The van der Waals surface area contributed by atoms with E-state index in [1.807, 2.05) is 51.1 Å². The molecule has 138 valence electrons. The molecule has 2 amide bonds. The maximum atomic E-state index is 12.4. The molecule has 1 aromatic rings. The number of hydrogen-bond acceptors (Lipinski definition) is 4. The van der Waals surface area contributed by atoms with Crippen molar-refractivity contribution in [1.82, 2.24) is 10.2 Å². The predicted molar refractivity (Wildman–Crippen MR) is 92.5 cm³/mol. The first-order chi connectivity index (χ1) is 12.2. The van der Waals surface area contributed by atoms with Gasteiger partial charge < -0.3 is 15.2 Å². The van der Waals surface area contributed by atoms with Crippen molar-refractivity contribution in [2.45, 2.75) is 33.4 Å². The Morgan fingerprint density at radius 2 is 1.88 bits per heavy atom. The van der Waals surface area contributed by atoms with Crippen LogP contribution < -0.4 is 5.32 Å². The number of carbonyl (C=O) groups excluding carboxylic acids is 2. The lowest BCUT2D eigenvalue weighted by atomic mass is 9.91. The van der Waals surface area contributed by atoms with Crippen LogP contribution in [0.5, 0.6) is 0 Å². The number of carboxylic acids is 1. The van der Waals surface area contributed by atoms with E-state index in [2.05, 4.69) is 5.32 Å². The number of carboxylic acid groups (broad SMARTS) is 1. The second-order valence-electron chi connectivity index (χ2n) is 7.52. The molecule has 1 fully saturated rings. The molecule has 0 saturated carbocycles. The molecule has 0 unspecified atom stereocenters. The maximum absolute atomic E-state index is 12.4. The summed E-state index contributed by atoms with van der Waals surface area (Å²) in [6, 6.07) is 9.30. The average molecular weight is 358 g/mol. The standard InChI is InChI=1S/C19H22N2O5/c1-19(2,3)15-14(18(24)25)21-16(23)12(17(21)26-15)10-20-13(22)9-11-7-5-4-6-8-11/h4-8,12,17H,9-10H2,1-3H3,(H,20,22)(H,24,25)/t12-,17+/m0/s1. The van der Waals surface area contributed by atoms with Crippen LogP contribution in [0.3, 0.4) is 0 Å². The molecule has 2 aliphatic rings. The van der Waals surface area contributed by atoms with Crippen molar-refractivity contribution in [3.05, 3.63) is 47.4 Å². The Hall–Kier alpha value is -2.83.